The third-order valence-electron chi connectivity index (χ3n) is 14.4. The minimum atomic E-state index is -5.24. The summed E-state index contributed by atoms with van der Waals surface area (Å²) in [7, 11) is -8.80. The number of carbonyl (C=O) groups is 4. The quantitative estimate of drug-likeness (QED) is 0.0743. The van der Waals surface area contributed by atoms with Crippen molar-refractivity contribution < 1.29 is 90.1 Å². The molecule has 30 heteroatoms. The van der Waals surface area contributed by atoms with Crippen molar-refractivity contribution >= 4 is 71.9 Å². The molecular weight excluding hydrogens is 1120 g/mol. The number of pyridine rings is 1. The van der Waals surface area contributed by atoms with Gasteiger partial charge in [-0.2, -0.15) is 49.6 Å². The first-order valence-corrected chi connectivity index (χ1v) is 27.8. The summed E-state index contributed by atoms with van der Waals surface area (Å²) in [5.41, 5.74) is -5.72. The molecule has 17 nitrogen and oxygen atoms in total. The van der Waals surface area contributed by atoms with Crippen LogP contribution in [0.25, 0.3) is 22.0 Å². The van der Waals surface area contributed by atoms with E-state index in [1.165, 1.54) is 26.0 Å². The van der Waals surface area contributed by atoms with Gasteiger partial charge in [0.2, 0.25) is 21.8 Å². The van der Waals surface area contributed by atoms with Gasteiger partial charge in [0.1, 0.15) is 30.4 Å². The van der Waals surface area contributed by atoms with Crippen molar-refractivity contribution in [3.05, 3.63) is 93.0 Å². The Hall–Kier alpha value is -6.36. The largest absolute Gasteiger partial charge is 0.481 e. The maximum Gasteiger partial charge on any atom is 0.435 e. The SMILES string of the molecule is CC(C)(CCc1ccc(-c2ccc(Cl)c3c(N(C(=O)C4C[C@@H](C(=O)O)C[C@@H](C(=O)O)C4)S(C)(=O)=O)nn(CC(F)(F)F)c23)c([C@H](Cc2cc(F)cc(F)c2)NC(=O)Cn2nc(C(F)(F)F)c3c2C(F)(F)C2C[C@H]32)n1)S(C)(=O)=O. The monoisotopic (exact) mass is 1170 g/mol. The Morgan fingerprint density at radius 3 is 1.99 bits per heavy atom. The van der Waals surface area contributed by atoms with E-state index in [-0.39, 0.29) is 49.8 Å². The molecule has 2 fully saturated rings. The smallest absolute Gasteiger partial charge is 0.435 e. The van der Waals surface area contributed by atoms with Crippen molar-refractivity contribution in [2.75, 3.05) is 16.8 Å². The molecule has 0 bridgehead atoms. The fraction of sp³-hybridized carbons (Fsp3) is 0.479. The lowest BCUT2D eigenvalue weighted by atomic mass is 9.74. The van der Waals surface area contributed by atoms with Gasteiger partial charge in [0.25, 0.3) is 5.92 Å². The topological polar surface area (TPSA) is 241 Å². The number of aliphatic carboxylic acids is 2. The second-order valence-electron chi connectivity index (χ2n) is 20.5. The number of aryl methyl sites for hydroxylation is 1. The van der Waals surface area contributed by atoms with E-state index in [2.05, 4.69) is 20.5 Å². The second-order valence-corrected chi connectivity index (χ2v) is 25.3. The highest BCUT2D eigenvalue weighted by molar-refractivity contribution is 7.93. The summed E-state index contributed by atoms with van der Waals surface area (Å²) in [6, 6.07) is 4.86. The Labute approximate surface area is 441 Å². The van der Waals surface area contributed by atoms with Crippen LogP contribution in [0.15, 0.2) is 42.5 Å². The molecule has 8 rings (SSSR count). The van der Waals surface area contributed by atoms with Crippen molar-refractivity contribution in [1.29, 1.82) is 0 Å². The van der Waals surface area contributed by atoms with Gasteiger partial charge in [0, 0.05) is 46.5 Å². The van der Waals surface area contributed by atoms with Crippen LogP contribution in [-0.4, -0.2) is 98.8 Å². The Morgan fingerprint density at radius 1 is 0.846 bits per heavy atom. The molecule has 3 heterocycles. The van der Waals surface area contributed by atoms with E-state index in [1.807, 2.05) is 0 Å². The molecule has 78 heavy (non-hydrogen) atoms. The first kappa shape index (κ1) is 57.8. The fourth-order valence-corrected chi connectivity index (χ4v) is 12.0. The molecule has 3 N–H and O–H groups in total. The highest BCUT2D eigenvalue weighted by Gasteiger charge is 2.68. The first-order valence-electron chi connectivity index (χ1n) is 23.6. The van der Waals surface area contributed by atoms with Gasteiger partial charge in [-0.1, -0.05) is 23.7 Å². The van der Waals surface area contributed by atoms with Crippen LogP contribution in [0.4, 0.5) is 49.7 Å². The number of carboxylic acids is 2. The van der Waals surface area contributed by atoms with E-state index in [1.54, 1.807) is 0 Å². The van der Waals surface area contributed by atoms with E-state index in [0.717, 1.165) is 30.5 Å². The standard InChI is InChI=1S/C48H46ClF10N7O10S2/c1-45(2,77(3,73)74)10-9-27-5-6-28(37(60-27)33(13-21-11-25(50)17-26(51)12-21)61-34(67)19-64-40-35(39(62-64)48(57,58)59)30-18-31(30)47(40,55)56)29-7-8-32(49)36-38(29)65(20-46(52,53)54)63-41(36)66(78(4,75)76)42(68)22-14-23(43(69)70)16-24(15-22)44(71)72/h5-8,11-12,17,22-24,30-31,33H,9-10,13-16,18-20H2,1-4H3,(H,61,67)(H,69,70)(H,71,72)/t22?,23-,24+,30-,31?,33-/m0/s1. The number of amides is 2. The van der Waals surface area contributed by atoms with E-state index >= 15 is 8.78 Å². The number of fused-ring (bicyclic) bond motifs is 4. The molecule has 0 spiro atoms. The van der Waals surface area contributed by atoms with E-state index < -0.39 is 203 Å². The van der Waals surface area contributed by atoms with E-state index in [4.69, 9.17) is 11.6 Å². The Bertz CT molecular complexity index is 3490. The van der Waals surface area contributed by atoms with Crippen molar-refractivity contribution in [1.82, 2.24) is 29.9 Å². The second kappa shape index (κ2) is 20.1. The number of sulfonamides is 1. The van der Waals surface area contributed by atoms with Crippen LogP contribution in [0, 0.1) is 35.3 Å². The number of hydrogen-bond acceptors (Lipinski definition) is 11. The van der Waals surface area contributed by atoms with E-state index in [9.17, 15) is 81.4 Å². The van der Waals surface area contributed by atoms with Crippen LogP contribution in [0.1, 0.15) is 91.8 Å². The average molecular weight is 1170 g/mol. The normalized spacial score (nSPS) is 20.7. The predicted octanol–water partition coefficient (Wildman–Crippen LogP) is 8.37. The van der Waals surface area contributed by atoms with Crippen molar-refractivity contribution in [2.24, 2.45) is 23.7 Å². The number of nitrogens with one attached hydrogen (secondary N) is 1. The molecule has 2 saturated carbocycles. The Kier molecular flexibility index (Phi) is 14.9. The molecule has 0 aliphatic heterocycles. The number of anilines is 1. The average Bonchev–Trinajstić information content (AvgIpc) is 3.84. The molecule has 2 aromatic carbocycles. The van der Waals surface area contributed by atoms with Gasteiger partial charge in [0.15, 0.2) is 21.3 Å². The molecule has 3 aliphatic carbocycles. The molecule has 6 atom stereocenters. The number of nitrogens with zero attached hydrogens (tertiary/aromatic N) is 6. The van der Waals surface area contributed by atoms with Crippen LogP contribution in [0.5, 0.6) is 0 Å². The molecular formula is C48H46ClF10N7O10S2. The summed E-state index contributed by atoms with van der Waals surface area (Å²) in [5.74, 6) is -20.5. The number of carbonyl (C=O) groups excluding carboxylic acids is 2. The summed E-state index contributed by atoms with van der Waals surface area (Å²) in [6.45, 7) is -0.610. The number of halogens is 11. The Morgan fingerprint density at radius 2 is 1.44 bits per heavy atom. The van der Waals surface area contributed by atoms with Gasteiger partial charge >= 0.3 is 24.3 Å². The number of benzene rings is 2. The third-order valence-corrected chi connectivity index (χ3v) is 18.0. The maximum atomic E-state index is 15.7. The fourth-order valence-electron chi connectivity index (χ4n) is 10.3. The maximum absolute atomic E-state index is 15.7. The summed E-state index contributed by atoms with van der Waals surface area (Å²) < 4.78 is 200. The predicted molar refractivity (Wildman–Crippen MR) is 256 cm³/mol. The summed E-state index contributed by atoms with van der Waals surface area (Å²) in [4.78, 5) is 57.7. The molecule has 2 unspecified atom stereocenters. The van der Waals surface area contributed by atoms with Crippen LogP contribution < -0.4 is 9.62 Å². The summed E-state index contributed by atoms with van der Waals surface area (Å²) in [5, 5.41) is 28.2. The van der Waals surface area contributed by atoms with Crippen molar-refractivity contribution in [3.8, 4) is 11.1 Å². The zero-order valence-electron chi connectivity index (χ0n) is 41.2. The highest BCUT2D eigenvalue weighted by Crippen LogP contribution is 2.68. The molecule has 3 aliphatic rings. The zero-order valence-corrected chi connectivity index (χ0v) is 43.6. The van der Waals surface area contributed by atoms with Gasteiger partial charge in [-0.05, 0) is 94.5 Å². The lowest BCUT2D eigenvalue weighted by Gasteiger charge is -2.32. The molecule has 5 aromatic rings. The Balaban J connectivity index is 1.34. The number of rotatable bonds is 17. The van der Waals surface area contributed by atoms with Crippen LogP contribution in [0.2, 0.25) is 5.02 Å². The van der Waals surface area contributed by atoms with Gasteiger partial charge < -0.3 is 15.5 Å². The summed E-state index contributed by atoms with van der Waals surface area (Å²) in [6.07, 6.45) is -12.1. The van der Waals surface area contributed by atoms with Gasteiger partial charge in [-0.25, -0.2) is 25.6 Å². The highest BCUT2D eigenvalue weighted by atomic mass is 35.5. The van der Waals surface area contributed by atoms with Crippen LogP contribution in [0.3, 0.4) is 0 Å². The number of hydrogen-bond donors (Lipinski definition) is 3. The molecule has 3 aromatic heterocycles. The van der Waals surface area contributed by atoms with Crippen molar-refractivity contribution in [2.45, 2.75) is 107 Å². The molecule has 0 radical (unpaired) electrons. The number of sulfone groups is 1. The molecule has 422 valence electrons. The molecule has 2 amide bonds. The minimum absolute atomic E-state index is 0.00378. The first-order chi connectivity index (χ1) is 35.9. The third kappa shape index (κ3) is 11.4. The van der Waals surface area contributed by atoms with Gasteiger partial charge in [0.05, 0.1) is 50.5 Å². The van der Waals surface area contributed by atoms with E-state index in [0.29, 0.717) is 12.3 Å². The number of aromatic nitrogens is 5. The van der Waals surface area contributed by atoms with Gasteiger partial charge in [-0.15, -0.1) is 0 Å². The lowest BCUT2D eigenvalue weighted by Crippen LogP contribution is -2.45. The lowest BCUT2D eigenvalue weighted by molar-refractivity contribution is -0.150. The number of alkyl halides is 8. The number of carboxylic acid groups (broad SMARTS) is 2. The zero-order chi connectivity index (χ0) is 57.7. The minimum Gasteiger partial charge on any atom is -0.481 e. The van der Waals surface area contributed by atoms with Crippen molar-refractivity contribution in [3.63, 3.8) is 0 Å². The van der Waals surface area contributed by atoms with Crippen LogP contribution >= 0.6 is 11.6 Å². The van der Waals surface area contributed by atoms with Crippen LogP contribution in [-0.2, 0) is 77.1 Å². The van der Waals surface area contributed by atoms with Gasteiger partial charge in [-0.3, -0.25) is 33.5 Å². The summed E-state index contributed by atoms with van der Waals surface area (Å²) >= 11 is 6.71. The molecule has 0 saturated heterocycles.